The molecule has 1 aromatic rings. The van der Waals surface area contributed by atoms with Crippen molar-refractivity contribution < 1.29 is 4.74 Å². The number of rotatable bonds is 2. The average Bonchev–Trinajstić information content (AvgIpc) is 2.23. The second-order valence-electron chi connectivity index (χ2n) is 4.40. The summed E-state index contributed by atoms with van der Waals surface area (Å²) in [4.78, 5) is 0. The Labute approximate surface area is 92.5 Å². The van der Waals surface area contributed by atoms with Crippen molar-refractivity contribution in [3.8, 4) is 5.75 Å². The molecule has 0 radical (unpaired) electrons. The van der Waals surface area contributed by atoms with Crippen LogP contribution in [0.5, 0.6) is 5.75 Å². The van der Waals surface area contributed by atoms with Crippen LogP contribution in [0.4, 0.5) is 0 Å². The van der Waals surface area contributed by atoms with Gasteiger partial charge in [0.2, 0.25) is 0 Å². The first-order valence-corrected chi connectivity index (χ1v) is 6.17. The highest BCUT2D eigenvalue weighted by Gasteiger charge is 2.12. The van der Waals surface area contributed by atoms with Crippen molar-refractivity contribution in [2.24, 2.45) is 0 Å². The van der Waals surface area contributed by atoms with Gasteiger partial charge in [0.05, 0.1) is 6.10 Å². The van der Waals surface area contributed by atoms with Crippen LogP contribution in [0.2, 0.25) is 0 Å². The number of hydrogen-bond donors (Lipinski definition) is 0. The van der Waals surface area contributed by atoms with Gasteiger partial charge in [0.25, 0.3) is 0 Å². The molecule has 82 valence electrons. The molecule has 1 nitrogen and oxygen atoms in total. The van der Waals surface area contributed by atoms with Gasteiger partial charge in [-0.15, -0.1) is 0 Å². The van der Waals surface area contributed by atoms with E-state index in [0.717, 1.165) is 5.75 Å². The molecule has 0 bridgehead atoms. The van der Waals surface area contributed by atoms with Crippen LogP contribution in [0.15, 0.2) is 30.3 Å². The van der Waals surface area contributed by atoms with E-state index in [1.54, 1.807) is 0 Å². The molecular formula is C14H20O. The van der Waals surface area contributed by atoms with E-state index < -0.39 is 0 Å². The van der Waals surface area contributed by atoms with Gasteiger partial charge in [-0.1, -0.05) is 37.5 Å². The molecule has 0 heterocycles. The molecule has 0 aromatic heterocycles. The van der Waals surface area contributed by atoms with E-state index in [4.69, 9.17) is 4.74 Å². The Morgan fingerprint density at radius 3 is 2.07 bits per heavy atom. The van der Waals surface area contributed by atoms with E-state index in [9.17, 15) is 0 Å². The molecule has 1 saturated carbocycles. The van der Waals surface area contributed by atoms with Crippen LogP contribution < -0.4 is 4.74 Å². The Hall–Kier alpha value is -0.980. The van der Waals surface area contributed by atoms with Crippen LogP contribution in [0, 0.1) is 0 Å². The lowest BCUT2D eigenvalue weighted by molar-refractivity contribution is 0.166. The predicted molar refractivity (Wildman–Crippen MR) is 63.2 cm³/mol. The minimum atomic E-state index is 0.452. The fraction of sp³-hybridized carbons (Fsp3) is 0.571. The minimum Gasteiger partial charge on any atom is -0.490 e. The number of ether oxygens (including phenoxy) is 1. The predicted octanol–water partition coefficient (Wildman–Crippen LogP) is 4.18. The molecule has 1 aliphatic rings. The van der Waals surface area contributed by atoms with E-state index in [1.807, 2.05) is 18.2 Å². The van der Waals surface area contributed by atoms with Crippen molar-refractivity contribution in [2.45, 2.75) is 51.0 Å². The minimum absolute atomic E-state index is 0.452. The zero-order valence-electron chi connectivity index (χ0n) is 9.32. The summed E-state index contributed by atoms with van der Waals surface area (Å²) in [6.45, 7) is 0. The van der Waals surface area contributed by atoms with Gasteiger partial charge in [0.15, 0.2) is 0 Å². The lowest BCUT2D eigenvalue weighted by Crippen LogP contribution is -2.17. The lowest BCUT2D eigenvalue weighted by atomic mass is 9.98. The second-order valence-corrected chi connectivity index (χ2v) is 4.40. The topological polar surface area (TPSA) is 9.23 Å². The lowest BCUT2D eigenvalue weighted by Gasteiger charge is -2.21. The van der Waals surface area contributed by atoms with E-state index in [2.05, 4.69) is 12.1 Å². The molecule has 15 heavy (non-hydrogen) atoms. The van der Waals surface area contributed by atoms with Crippen molar-refractivity contribution in [2.75, 3.05) is 0 Å². The smallest absolute Gasteiger partial charge is 0.119 e. The van der Waals surface area contributed by atoms with E-state index in [1.165, 1.54) is 44.9 Å². The molecular weight excluding hydrogens is 184 g/mol. The van der Waals surface area contributed by atoms with Crippen molar-refractivity contribution in [1.82, 2.24) is 0 Å². The third-order valence-electron chi connectivity index (χ3n) is 3.10. The maximum Gasteiger partial charge on any atom is 0.119 e. The van der Waals surface area contributed by atoms with Crippen LogP contribution >= 0.6 is 0 Å². The zero-order chi connectivity index (χ0) is 10.3. The van der Waals surface area contributed by atoms with Crippen molar-refractivity contribution >= 4 is 0 Å². The van der Waals surface area contributed by atoms with Gasteiger partial charge in [0.1, 0.15) is 5.75 Å². The summed E-state index contributed by atoms with van der Waals surface area (Å²) in [6.07, 6.45) is 9.76. The molecule has 1 aliphatic carbocycles. The standard InChI is InChI=1S/C14H20O/c1-2-5-9-13(10-6-3-1)15-14-11-7-4-8-12-14/h4,7-8,11-13H,1-3,5-6,9-10H2. The first-order chi connectivity index (χ1) is 7.45. The maximum atomic E-state index is 5.99. The maximum absolute atomic E-state index is 5.99. The molecule has 0 N–H and O–H groups in total. The van der Waals surface area contributed by atoms with Gasteiger partial charge in [-0.05, 0) is 37.8 Å². The molecule has 2 rings (SSSR count). The molecule has 0 amide bonds. The Kier molecular flexibility index (Phi) is 4.07. The van der Waals surface area contributed by atoms with Gasteiger partial charge in [-0.3, -0.25) is 0 Å². The molecule has 1 aromatic carbocycles. The molecule has 0 atom stereocenters. The average molecular weight is 204 g/mol. The Balaban J connectivity index is 1.86. The van der Waals surface area contributed by atoms with Gasteiger partial charge in [-0.25, -0.2) is 0 Å². The summed E-state index contributed by atoms with van der Waals surface area (Å²) in [7, 11) is 0. The number of hydrogen-bond acceptors (Lipinski definition) is 1. The molecule has 0 saturated heterocycles. The molecule has 0 spiro atoms. The molecule has 0 aliphatic heterocycles. The van der Waals surface area contributed by atoms with Gasteiger partial charge in [-0.2, -0.15) is 0 Å². The van der Waals surface area contributed by atoms with Gasteiger partial charge >= 0.3 is 0 Å². The highest BCUT2D eigenvalue weighted by atomic mass is 16.5. The summed E-state index contributed by atoms with van der Waals surface area (Å²) < 4.78 is 5.99. The summed E-state index contributed by atoms with van der Waals surface area (Å²) in [6, 6.07) is 10.2. The number of para-hydroxylation sites is 1. The third kappa shape index (κ3) is 3.58. The normalized spacial score (nSPS) is 19.2. The molecule has 0 unspecified atom stereocenters. The SMILES string of the molecule is c1ccc(OC2CCCCCCC2)cc1. The monoisotopic (exact) mass is 204 g/mol. The summed E-state index contributed by atoms with van der Waals surface area (Å²) in [5.74, 6) is 1.03. The van der Waals surface area contributed by atoms with E-state index in [-0.39, 0.29) is 0 Å². The van der Waals surface area contributed by atoms with Crippen LogP contribution in [-0.4, -0.2) is 6.10 Å². The Bertz CT molecular complexity index is 260. The van der Waals surface area contributed by atoms with Crippen LogP contribution in [0.3, 0.4) is 0 Å². The molecule has 1 heteroatoms. The van der Waals surface area contributed by atoms with Gasteiger partial charge in [0, 0.05) is 0 Å². The van der Waals surface area contributed by atoms with Crippen LogP contribution in [0.25, 0.3) is 0 Å². The fourth-order valence-corrected chi connectivity index (χ4v) is 2.23. The third-order valence-corrected chi connectivity index (χ3v) is 3.10. The van der Waals surface area contributed by atoms with E-state index in [0.29, 0.717) is 6.10 Å². The summed E-state index contributed by atoms with van der Waals surface area (Å²) in [5.41, 5.74) is 0. The van der Waals surface area contributed by atoms with Crippen molar-refractivity contribution in [1.29, 1.82) is 0 Å². The highest BCUT2D eigenvalue weighted by molar-refractivity contribution is 5.21. The van der Waals surface area contributed by atoms with Crippen LogP contribution in [-0.2, 0) is 0 Å². The Morgan fingerprint density at radius 1 is 0.800 bits per heavy atom. The van der Waals surface area contributed by atoms with Crippen molar-refractivity contribution in [3.05, 3.63) is 30.3 Å². The first-order valence-electron chi connectivity index (χ1n) is 6.17. The second kappa shape index (κ2) is 5.79. The quantitative estimate of drug-likeness (QED) is 0.702. The van der Waals surface area contributed by atoms with Gasteiger partial charge < -0.3 is 4.74 Å². The zero-order valence-corrected chi connectivity index (χ0v) is 9.32. The number of benzene rings is 1. The van der Waals surface area contributed by atoms with E-state index >= 15 is 0 Å². The summed E-state index contributed by atoms with van der Waals surface area (Å²) >= 11 is 0. The van der Waals surface area contributed by atoms with Crippen LogP contribution in [0.1, 0.15) is 44.9 Å². The Morgan fingerprint density at radius 2 is 1.40 bits per heavy atom. The van der Waals surface area contributed by atoms with Crippen molar-refractivity contribution in [3.63, 3.8) is 0 Å². The largest absolute Gasteiger partial charge is 0.490 e. The fourth-order valence-electron chi connectivity index (χ4n) is 2.23. The molecule has 1 fully saturated rings. The first kappa shape index (κ1) is 10.5. The summed E-state index contributed by atoms with van der Waals surface area (Å²) in [5, 5.41) is 0. The highest BCUT2D eigenvalue weighted by Crippen LogP contribution is 2.21.